The van der Waals surface area contributed by atoms with E-state index >= 15 is 0 Å². The number of hydrogen-bond donors (Lipinski definition) is 0. The number of alkyl halides is 3. The average Bonchev–Trinajstić information content (AvgIpc) is 2.07. The first-order chi connectivity index (χ1) is 6.92. The van der Waals surface area contributed by atoms with Crippen LogP contribution in [0.5, 0.6) is 5.75 Å². The molecule has 1 aromatic carbocycles. The quantitative estimate of drug-likeness (QED) is 0.754. The predicted octanol–water partition coefficient (Wildman–Crippen LogP) is 3.50. The van der Waals surface area contributed by atoms with Gasteiger partial charge < -0.3 is 4.74 Å². The van der Waals surface area contributed by atoms with Crippen molar-refractivity contribution in [2.75, 3.05) is 6.61 Å². The van der Waals surface area contributed by atoms with Crippen molar-refractivity contribution in [3.63, 3.8) is 0 Å². The molecule has 0 bridgehead atoms. The molecule has 0 atom stereocenters. The standard InChI is InChI=1S/C11H13F3O/c1-3-15-10-5-4-9(6-8(10)2)7-11(12,13)14/h4-6H,3,7H2,1-2H3. The van der Waals surface area contributed by atoms with Crippen molar-refractivity contribution in [2.45, 2.75) is 26.4 Å². The SMILES string of the molecule is CCOc1ccc(CC(F)(F)F)cc1C. The minimum absolute atomic E-state index is 0.267. The Kier molecular flexibility index (Phi) is 3.61. The smallest absolute Gasteiger partial charge is 0.393 e. The molecule has 15 heavy (non-hydrogen) atoms. The Bertz CT molecular complexity index is 331. The second-order valence-electron chi connectivity index (χ2n) is 3.32. The first kappa shape index (κ1) is 11.9. The fraction of sp³-hybridized carbons (Fsp3) is 0.455. The maximum atomic E-state index is 12.1. The molecule has 1 nitrogen and oxygen atoms in total. The molecule has 1 rings (SSSR count). The molecular formula is C11H13F3O. The molecule has 0 aliphatic rings. The van der Waals surface area contributed by atoms with Crippen LogP contribution in [0.1, 0.15) is 18.1 Å². The zero-order valence-corrected chi connectivity index (χ0v) is 8.69. The van der Waals surface area contributed by atoms with Gasteiger partial charge in [0.1, 0.15) is 5.75 Å². The fourth-order valence-corrected chi connectivity index (χ4v) is 1.37. The van der Waals surface area contributed by atoms with E-state index in [-0.39, 0.29) is 5.56 Å². The molecule has 0 radical (unpaired) electrons. The lowest BCUT2D eigenvalue weighted by atomic mass is 10.1. The van der Waals surface area contributed by atoms with Gasteiger partial charge in [0, 0.05) is 0 Å². The molecule has 0 saturated heterocycles. The molecule has 1 aromatic rings. The summed E-state index contributed by atoms with van der Waals surface area (Å²) in [4.78, 5) is 0. The van der Waals surface area contributed by atoms with Gasteiger partial charge in [-0.2, -0.15) is 13.2 Å². The molecule has 0 saturated carbocycles. The molecule has 0 aliphatic heterocycles. The predicted molar refractivity (Wildman–Crippen MR) is 52.1 cm³/mol. The summed E-state index contributed by atoms with van der Waals surface area (Å²) in [5, 5.41) is 0. The van der Waals surface area contributed by atoms with E-state index in [1.165, 1.54) is 12.1 Å². The minimum Gasteiger partial charge on any atom is -0.494 e. The van der Waals surface area contributed by atoms with Crippen LogP contribution in [-0.2, 0) is 6.42 Å². The normalized spacial score (nSPS) is 11.5. The van der Waals surface area contributed by atoms with Crippen LogP contribution in [0.15, 0.2) is 18.2 Å². The van der Waals surface area contributed by atoms with Gasteiger partial charge in [-0.15, -0.1) is 0 Å². The zero-order chi connectivity index (χ0) is 11.5. The molecule has 0 fully saturated rings. The van der Waals surface area contributed by atoms with Crippen molar-refractivity contribution in [1.29, 1.82) is 0 Å². The van der Waals surface area contributed by atoms with Gasteiger partial charge in [-0.3, -0.25) is 0 Å². The van der Waals surface area contributed by atoms with E-state index in [0.29, 0.717) is 12.4 Å². The summed E-state index contributed by atoms with van der Waals surface area (Å²) in [5.74, 6) is 0.642. The largest absolute Gasteiger partial charge is 0.494 e. The maximum absolute atomic E-state index is 12.1. The van der Waals surface area contributed by atoms with Crippen LogP contribution < -0.4 is 4.74 Å². The van der Waals surface area contributed by atoms with E-state index in [2.05, 4.69) is 0 Å². The van der Waals surface area contributed by atoms with Crippen LogP contribution in [0, 0.1) is 6.92 Å². The first-order valence-corrected chi connectivity index (χ1v) is 4.71. The molecule has 0 unspecified atom stereocenters. The highest BCUT2D eigenvalue weighted by atomic mass is 19.4. The van der Waals surface area contributed by atoms with Crippen LogP contribution in [-0.4, -0.2) is 12.8 Å². The van der Waals surface area contributed by atoms with Crippen molar-refractivity contribution in [1.82, 2.24) is 0 Å². The third kappa shape index (κ3) is 3.81. The molecular weight excluding hydrogens is 205 g/mol. The second-order valence-corrected chi connectivity index (χ2v) is 3.32. The van der Waals surface area contributed by atoms with E-state index < -0.39 is 12.6 Å². The number of aryl methyl sites for hydroxylation is 1. The number of ether oxygens (including phenoxy) is 1. The Morgan fingerprint density at radius 2 is 1.93 bits per heavy atom. The highest BCUT2D eigenvalue weighted by Crippen LogP contribution is 2.25. The van der Waals surface area contributed by atoms with Gasteiger partial charge in [-0.25, -0.2) is 0 Å². The maximum Gasteiger partial charge on any atom is 0.393 e. The summed E-state index contributed by atoms with van der Waals surface area (Å²) >= 11 is 0. The minimum atomic E-state index is -4.15. The van der Waals surface area contributed by atoms with E-state index in [4.69, 9.17) is 4.74 Å². The molecule has 0 N–H and O–H groups in total. The van der Waals surface area contributed by atoms with Gasteiger partial charge >= 0.3 is 6.18 Å². The molecule has 0 heterocycles. The lowest BCUT2D eigenvalue weighted by molar-refractivity contribution is -0.127. The van der Waals surface area contributed by atoms with Crippen molar-refractivity contribution in [2.24, 2.45) is 0 Å². The van der Waals surface area contributed by atoms with Gasteiger partial charge in [-0.1, -0.05) is 12.1 Å². The third-order valence-corrected chi connectivity index (χ3v) is 1.94. The third-order valence-electron chi connectivity index (χ3n) is 1.94. The van der Waals surface area contributed by atoms with E-state index in [9.17, 15) is 13.2 Å². The van der Waals surface area contributed by atoms with Crippen LogP contribution in [0.25, 0.3) is 0 Å². The molecule has 84 valence electrons. The van der Waals surface area contributed by atoms with E-state index in [0.717, 1.165) is 5.56 Å². The molecule has 0 aliphatic carbocycles. The summed E-state index contributed by atoms with van der Waals surface area (Å²) in [6.45, 7) is 4.09. The van der Waals surface area contributed by atoms with E-state index in [1.807, 2.05) is 6.92 Å². The van der Waals surface area contributed by atoms with E-state index in [1.54, 1.807) is 13.0 Å². The van der Waals surface area contributed by atoms with Gasteiger partial charge in [0.2, 0.25) is 0 Å². The zero-order valence-electron chi connectivity index (χ0n) is 8.69. The van der Waals surface area contributed by atoms with Gasteiger partial charge in [0.05, 0.1) is 13.0 Å². The Hall–Kier alpha value is -1.19. The summed E-state index contributed by atoms with van der Waals surface area (Å²) in [5.41, 5.74) is 1.00. The lowest BCUT2D eigenvalue weighted by Gasteiger charge is -2.10. The number of rotatable bonds is 3. The Labute approximate surface area is 86.9 Å². The molecule has 0 amide bonds. The molecule has 0 spiro atoms. The molecule has 4 heteroatoms. The Morgan fingerprint density at radius 3 is 2.40 bits per heavy atom. The van der Waals surface area contributed by atoms with Crippen molar-refractivity contribution in [3.05, 3.63) is 29.3 Å². The summed E-state index contributed by atoms with van der Waals surface area (Å²) in [6, 6.07) is 4.55. The van der Waals surface area contributed by atoms with Crippen molar-refractivity contribution < 1.29 is 17.9 Å². The Morgan fingerprint density at radius 1 is 1.27 bits per heavy atom. The summed E-state index contributed by atoms with van der Waals surface area (Å²) < 4.78 is 41.5. The highest BCUT2D eigenvalue weighted by Gasteiger charge is 2.27. The van der Waals surface area contributed by atoms with Crippen molar-refractivity contribution >= 4 is 0 Å². The monoisotopic (exact) mass is 218 g/mol. The van der Waals surface area contributed by atoms with Crippen LogP contribution >= 0.6 is 0 Å². The van der Waals surface area contributed by atoms with Gasteiger partial charge in [-0.05, 0) is 31.0 Å². The van der Waals surface area contributed by atoms with Crippen LogP contribution in [0.3, 0.4) is 0 Å². The topological polar surface area (TPSA) is 9.23 Å². The lowest BCUT2D eigenvalue weighted by Crippen LogP contribution is -2.11. The summed E-state index contributed by atoms with van der Waals surface area (Å²) in [7, 11) is 0. The Balaban J connectivity index is 2.82. The number of benzene rings is 1. The van der Waals surface area contributed by atoms with Crippen LogP contribution in [0.4, 0.5) is 13.2 Å². The highest BCUT2D eigenvalue weighted by molar-refractivity contribution is 5.36. The van der Waals surface area contributed by atoms with Crippen molar-refractivity contribution in [3.8, 4) is 5.75 Å². The fourth-order valence-electron chi connectivity index (χ4n) is 1.37. The summed E-state index contributed by atoms with van der Waals surface area (Å²) in [6.07, 6.45) is -5.04. The second kappa shape index (κ2) is 4.55. The molecule has 0 aromatic heterocycles. The first-order valence-electron chi connectivity index (χ1n) is 4.71. The number of hydrogen-bond acceptors (Lipinski definition) is 1. The van der Waals surface area contributed by atoms with Gasteiger partial charge in [0.15, 0.2) is 0 Å². The number of halogens is 3. The average molecular weight is 218 g/mol. The van der Waals surface area contributed by atoms with Crippen LogP contribution in [0.2, 0.25) is 0 Å². The van der Waals surface area contributed by atoms with Gasteiger partial charge in [0.25, 0.3) is 0 Å².